The maximum absolute atomic E-state index is 11.5. The summed E-state index contributed by atoms with van der Waals surface area (Å²) in [6, 6.07) is -0.578. The molecule has 1 rings (SSSR count). The third kappa shape index (κ3) is 5.65. The lowest BCUT2D eigenvalue weighted by Crippen LogP contribution is -2.42. The predicted octanol–water partition coefficient (Wildman–Crippen LogP) is -0.183. The first-order valence-corrected chi connectivity index (χ1v) is 6.05. The van der Waals surface area contributed by atoms with Crippen LogP contribution in [-0.4, -0.2) is 24.5 Å². The van der Waals surface area contributed by atoms with Gasteiger partial charge in [-0.1, -0.05) is 32.1 Å². The highest BCUT2D eigenvalue weighted by atomic mass is 16.7. The maximum Gasteiger partial charge on any atom is 0.260 e. The highest BCUT2D eigenvalue weighted by Gasteiger charge is 2.21. The number of nitrogens with one attached hydrogen (secondary N) is 1. The van der Waals surface area contributed by atoms with Crippen molar-refractivity contribution in [3.63, 3.8) is 0 Å². The summed E-state index contributed by atoms with van der Waals surface area (Å²) in [6.45, 7) is -0.331. The third-order valence-corrected chi connectivity index (χ3v) is 3.04. The van der Waals surface area contributed by atoms with Gasteiger partial charge in [-0.25, -0.2) is 5.48 Å². The molecule has 0 heterocycles. The molecule has 5 N–H and O–H groups in total. The first-order chi connectivity index (χ1) is 8.09. The van der Waals surface area contributed by atoms with E-state index in [0.29, 0.717) is 12.3 Å². The summed E-state index contributed by atoms with van der Waals surface area (Å²) in [5.74, 6) is -0.497. The van der Waals surface area contributed by atoms with Crippen LogP contribution in [-0.2, 0) is 14.4 Å². The van der Waals surface area contributed by atoms with Gasteiger partial charge in [0.25, 0.3) is 5.91 Å². The normalized spacial score (nSPS) is 18.6. The van der Waals surface area contributed by atoms with E-state index in [-0.39, 0.29) is 6.61 Å². The molecular weight excluding hydrogens is 222 g/mol. The SMILES string of the molecule is NC(=O)CONC(=O)C(N)CC1CCCCC1. The molecule has 1 unspecified atom stereocenters. The van der Waals surface area contributed by atoms with Crippen LogP contribution in [0.4, 0.5) is 0 Å². The Morgan fingerprint density at radius 3 is 2.53 bits per heavy atom. The van der Waals surface area contributed by atoms with Gasteiger partial charge in [-0.3, -0.25) is 14.4 Å². The van der Waals surface area contributed by atoms with E-state index in [1.807, 2.05) is 0 Å². The van der Waals surface area contributed by atoms with Crippen molar-refractivity contribution in [2.75, 3.05) is 6.61 Å². The van der Waals surface area contributed by atoms with Crippen LogP contribution in [0.3, 0.4) is 0 Å². The molecule has 0 aromatic heterocycles. The molecule has 17 heavy (non-hydrogen) atoms. The first-order valence-electron chi connectivity index (χ1n) is 6.05. The molecule has 98 valence electrons. The van der Waals surface area contributed by atoms with E-state index in [4.69, 9.17) is 11.5 Å². The van der Waals surface area contributed by atoms with Gasteiger partial charge < -0.3 is 11.5 Å². The Kier molecular flexibility index (Phi) is 5.93. The molecule has 0 aromatic carbocycles. The van der Waals surface area contributed by atoms with Gasteiger partial charge in [0.05, 0.1) is 6.04 Å². The number of carbonyl (C=O) groups excluding carboxylic acids is 2. The Morgan fingerprint density at radius 1 is 1.29 bits per heavy atom. The van der Waals surface area contributed by atoms with E-state index >= 15 is 0 Å². The second kappa shape index (κ2) is 7.24. The largest absolute Gasteiger partial charge is 0.368 e. The van der Waals surface area contributed by atoms with Gasteiger partial charge in [-0.05, 0) is 12.3 Å². The van der Waals surface area contributed by atoms with Gasteiger partial charge in [0, 0.05) is 0 Å². The molecule has 1 atom stereocenters. The number of amides is 2. The highest BCUT2D eigenvalue weighted by molar-refractivity contribution is 5.81. The monoisotopic (exact) mass is 243 g/mol. The molecule has 0 aromatic rings. The van der Waals surface area contributed by atoms with E-state index in [1.54, 1.807) is 0 Å². The van der Waals surface area contributed by atoms with Gasteiger partial charge in [-0.2, -0.15) is 0 Å². The van der Waals surface area contributed by atoms with Crippen LogP contribution >= 0.6 is 0 Å². The van der Waals surface area contributed by atoms with Crippen molar-refractivity contribution in [3.05, 3.63) is 0 Å². The molecule has 6 heteroatoms. The van der Waals surface area contributed by atoms with E-state index in [2.05, 4.69) is 10.3 Å². The predicted molar refractivity (Wildman–Crippen MR) is 62.5 cm³/mol. The summed E-state index contributed by atoms with van der Waals surface area (Å²) >= 11 is 0. The number of hydrogen-bond acceptors (Lipinski definition) is 4. The lowest BCUT2D eigenvalue weighted by Gasteiger charge is -2.23. The summed E-state index contributed by atoms with van der Waals surface area (Å²) in [4.78, 5) is 26.5. The number of rotatable bonds is 6. The molecule has 2 amide bonds. The minimum atomic E-state index is -0.633. The quantitative estimate of drug-likeness (QED) is 0.562. The minimum Gasteiger partial charge on any atom is -0.368 e. The average Bonchev–Trinajstić information content (AvgIpc) is 2.29. The Hall–Kier alpha value is -1.14. The van der Waals surface area contributed by atoms with E-state index < -0.39 is 17.9 Å². The summed E-state index contributed by atoms with van der Waals surface area (Å²) < 4.78 is 0. The smallest absolute Gasteiger partial charge is 0.260 e. The molecule has 1 saturated carbocycles. The van der Waals surface area contributed by atoms with Gasteiger partial charge in [0.15, 0.2) is 6.61 Å². The summed E-state index contributed by atoms with van der Waals surface area (Å²) in [7, 11) is 0. The number of hydrogen-bond donors (Lipinski definition) is 3. The fourth-order valence-electron chi connectivity index (χ4n) is 2.14. The Bertz CT molecular complexity index is 265. The second-order valence-corrected chi connectivity index (χ2v) is 4.57. The van der Waals surface area contributed by atoms with Crippen LogP contribution < -0.4 is 16.9 Å². The summed E-state index contributed by atoms with van der Waals surface area (Å²) in [5, 5.41) is 0. The van der Waals surface area contributed by atoms with Crippen molar-refractivity contribution in [2.45, 2.75) is 44.6 Å². The average molecular weight is 243 g/mol. The van der Waals surface area contributed by atoms with Crippen LogP contribution in [0.1, 0.15) is 38.5 Å². The molecule has 0 spiro atoms. The third-order valence-electron chi connectivity index (χ3n) is 3.04. The minimum absolute atomic E-state index is 0.331. The first kappa shape index (κ1) is 13.9. The second-order valence-electron chi connectivity index (χ2n) is 4.57. The Balaban J connectivity index is 2.18. The lowest BCUT2D eigenvalue weighted by atomic mass is 9.85. The molecule has 6 nitrogen and oxygen atoms in total. The van der Waals surface area contributed by atoms with E-state index in [0.717, 1.165) is 12.8 Å². The zero-order valence-electron chi connectivity index (χ0n) is 9.98. The summed E-state index contributed by atoms with van der Waals surface area (Å²) in [5.41, 5.74) is 12.8. The fraction of sp³-hybridized carbons (Fsp3) is 0.818. The van der Waals surface area contributed by atoms with Crippen molar-refractivity contribution < 1.29 is 14.4 Å². The molecular formula is C11H21N3O3. The zero-order chi connectivity index (χ0) is 12.7. The Labute approximate surface area is 101 Å². The topological polar surface area (TPSA) is 107 Å². The van der Waals surface area contributed by atoms with Gasteiger partial charge >= 0.3 is 0 Å². The van der Waals surface area contributed by atoms with Gasteiger partial charge in [-0.15, -0.1) is 0 Å². The lowest BCUT2D eigenvalue weighted by molar-refractivity contribution is -0.139. The molecule has 0 saturated heterocycles. The molecule has 0 aliphatic heterocycles. The molecule has 1 aliphatic rings. The van der Waals surface area contributed by atoms with Crippen molar-refractivity contribution in [1.82, 2.24) is 5.48 Å². The van der Waals surface area contributed by atoms with Crippen LogP contribution in [0.2, 0.25) is 0 Å². The van der Waals surface area contributed by atoms with Crippen molar-refractivity contribution in [1.29, 1.82) is 0 Å². The molecule has 1 aliphatic carbocycles. The summed E-state index contributed by atoms with van der Waals surface area (Å²) in [6.07, 6.45) is 6.67. The van der Waals surface area contributed by atoms with E-state index in [9.17, 15) is 9.59 Å². The van der Waals surface area contributed by atoms with Crippen LogP contribution in [0.25, 0.3) is 0 Å². The molecule has 0 bridgehead atoms. The maximum atomic E-state index is 11.5. The molecule has 0 radical (unpaired) electrons. The van der Waals surface area contributed by atoms with Gasteiger partial charge in [0.1, 0.15) is 0 Å². The van der Waals surface area contributed by atoms with Crippen LogP contribution in [0.5, 0.6) is 0 Å². The standard InChI is InChI=1S/C11H21N3O3/c12-9(6-8-4-2-1-3-5-8)11(16)14-17-7-10(13)15/h8-9H,1-7,12H2,(H2,13,15)(H,14,16). The zero-order valence-corrected chi connectivity index (χ0v) is 9.98. The van der Waals surface area contributed by atoms with Crippen molar-refractivity contribution in [2.24, 2.45) is 17.4 Å². The number of hydroxylamine groups is 1. The van der Waals surface area contributed by atoms with Gasteiger partial charge in [0.2, 0.25) is 5.91 Å². The van der Waals surface area contributed by atoms with Crippen LogP contribution in [0, 0.1) is 5.92 Å². The number of nitrogens with two attached hydrogens (primary N) is 2. The van der Waals surface area contributed by atoms with E-state index in [1.165, 1.54) is 19.3 Å². The number of carbonyl (C=O) groups is 2. The molecule has 1 fully saturated rings. The Morgan fingerprint density at radius 2 is 1.94 bits per heavy atom. The van der Waals surface area contributed by atoms with Crippen molar-refractivity contribution in [3.8, 4) is 0 Å². The fourth-order valence-corrected chi connectivity index (χ4v) is 2.14. The van der Waals surface area contributed by atoms with Crippen LogP contribution in [0.15, 0.2) is 0 Å². The number of primary amides is 1. The van der Waals surface area contributed by atoms with Crippen molar-refractivity contribution >= 4 is 11.8 Å². The highest BCUT2D eigenvalue weighted by Crippen LogP contribution is 2.26.